The molecule has 0 bridgehead atoms. The van der Waals surface area contributed by atoms with E-state index in [2.05, 4.69) is 401 Å². The topological polar surface area (TPSA) is 6.48 Å². The number of nitrogens with zero attached hydrogens (tertiary/aromatic N) is 2. The molecule has 0 atom stereocenters. The van der Waals surface area contributed by atoms with E-state index >= 15 is 0 Å². The monoisotopic (exact) mass is 1400 g/mol. The smallest absolute Gasteiger partial charge is 0.248 e. The summed E-state index contributed by atoms with van der Waals surface area (Å²) in [5, 5.41) is 7.77. The third kappa shape index (κ3) is 9.71. The van der Waals surface area contributed by atoms with Gasteiger partial charge in [0, 0.05) is 34.1 Å². The lowest BCUT2D eigenvalue weighted by atomic mass is 9.31. The molecule has 0 radical (unpaired) electrons. The Morgan fingerprint density at radius 3 is 0.818 bits per heavy atom. The molecule has 22 rings (SSSR count). The molecule has 18 aromatic carbocycles. The lowest BCUT2D eigenvalue weighted by Crippen LogP contribution is -2.60. The molecule has 110 heavy (non-hydrogen) atoms. The van der Waals surface area contributed by atoms with Gasteiger partial charge in [-0.3, -0.25) is 0 Å². The number of para-hydroxylation sites is 4. The van der Waals surface area contributed by atoms with Crippen LogP contribution in [0.15, 0.2) is 364 Å². The minimum Gasteiger partial charge on any atom is -0.311 e. The van der Waals surface area contributed by atoms with Crippen LogP contribution in [0.5, 0.6) is 0 Å². The first-order chi connectivity index (χ1) is 54.3. The molecule has 0 aromatic heterocycles. The van der Waals surface area contributed by atoms with Crippen molar-refractivity contribution in [2.45, 2.75) is 39.5 Å². The summed E-state index contributed by atoms with van der Waals surface area (Å²) in [5.41, 5.74) is 41.8. The summed E-state index contributed by atoms with van der Waals surface area (Å²) in [6, 6.07) is 140. The van der Waals surface area contributed by atoms with Crippen molar-refractivity contribution in [1.82, 2.24) is 0 Å². The predicted octanol–water partition coefficient (Wildman–Crippen LogP) is 24.7. The second-order valence-electron chi connectivity index (χ2n) is 31.2. The highest BCUT2D eigenvalue weighted by molar-refractivity contribution is 7.02. The maximum absolute atomic E-state index is 2.75. The van der Waals surface area contributed by atoms with Crippen LogP contribution in [0.3, 0.4) is 0 Å². The Hall–Kier alpha value is -13.3. The Kier molecular flexibility index (Phi) is 14.6. The highest BCUT2D eigenvalue weighted by Gasteiger charge is 2.47. The van der Waals surface area contributed by atoms with Crippen LogP contribution in [0.1, 0.15) is 50.7 Å². The lowest BCUT2D eigenvalue weighted by Gasteiger charge is -2.43. The molecule has 0 amide bonds. The molecule has 4 heterocycles. The van der Waals surface area contributed by atoms with Crippen LogP contribution in [-0.4, -0.2) is 13.4 Å². The van der Waals surface area contributed by atoms with E-state index in [1.165, 1.54) is 210 Å². The standard InChI is InChI=1S/C106H74B2N2/c1-65(2)73-53-89-85-61-83(99-79(69-37-17-7-18-38-69)55-75(67-33-13-5-14-34-67)56-80(99)70-39-19-8-20-40-70)87-64-94-102-86(90-54-74(66(3)4)60-98-106(90)108(94)92-50-30-32-52-96(92)110(98)78-47-27-12-28-48-78)62-84(100-81(71-41-21-9-22-42-71)57-76(68-35-15-6-16-36-68)58-82(100)72-43-23-10-24-44-72)88-63-93(101(85)103(87)104(88)102)107-91-49-29-31-51-95(91)109(97(59-73)105(89)107)77-45-25-11-26-46-77/h5-66H,1-4H3. The third-order valence-corrected chi connectivity index (χ3v) is 24.5. The Labute approximate surface area is 644 Å². The first-order valence-corrected chi connectivity index (χ1v) is 39.1. The van der Waals surface area contributed by atoms with E-state index in [0.717, 1.165) is 11.4 Å². The normalized spacial score (nSPS) is 12.8. The second kappa shape index (κ2) is 25.2. The number of hydrogen-bond acceptors (Lipinski definition) is 2. The van der Waals surface area contributed by atoms with Crippen LogP contribution in [0, 0.1) is 0 Å². The van der Waals surface area contributed by atoms with Crippen LogP contribution in [0.2, 0.25) is 0 Å². The van der Waals surface area contributed by atoms with Gasteiger partial charge in [0.05, 0.1) is 0 Å². The largest absolute Gasteiger partial charge is 0.311 e. The van der Waals surface area contributed by atoms with Crippen molar-refractivity contribution in [2.24, 2.45) is 0 Å². The van der Waals surface area contributed by atoms with Gasteiger partial charge in [-0.15, -0.1) is 0 Å². The predicted molar refractivity (Wildman–Crippen MR) is 471 cm³/mol. The van der Waals surface area contributed by atoms with Crippen molar-refractivity contribution in [3.8, 4) is 111 Å². The fraction of sp³-hybridized carbons (Fsp3) is 0.0566. The molecule has 4 heteroatoms. The van der Waals surface area contributed by atoms with E-state index in [1.807, 2.05) is 0 Å². The number of anilines is 6. The molecule has 18 aromatic rings. The Morgan fingerprint density at radius 1 is 0.209 bits per heavy atom. The van der Waals surface area contributed by atoms with Gasteiger partial charge in [0.2, 0.25) is 13.4 Å². The zero-order valence-corrected chi connectivity index (χ0v) is 61.8. The van der Waals surface area contributed by atoms with Gasteiger partial charge in [-0.25, -0.2) is 0 Å². The summed E-state index contributed by atoms with van der Waals surface area (Å²) in [6.07, 6.45) is 0. The SMILES string of the molecule is CC(C)c1cc2c3c(c1)N(c1ccccc1)c1ccccc1B3c1cc3c(-c4c(-c5ccccc5)cc(-c5ccccc5)cc4-c4ccccc4)cc4c5c(cc6c(-c7c(-c8ccccc8)cc(-c8ccccc8)cc7-c7ccccc7)cc-2c1c6c35)B1c2ccccc2N(c2ccccc2)c2cc(C(C)C)cc-4c21. The van der Waals surface area contributed by atoms with Crippen molar-refractivity contribution in [3.05, 3.63) is 375 Å². The van der Waals surface area contributed by atoms with Crippen LogP contribution in [0.4, 0.5) is 34.1 Å². The van der Waals surface area contributed by atoms with Crippen LogP contribution in [-0.2, 0) is 0 Å². The van der Waals surface area contributed by atoms with Gasteiger partial charge in [-0.1, -0.05) is 318 Å². The summed E-state index contributed by atoms with van der Waals surface area (Å²) < 4.78 is 0. The first kappa shape index (κ1) is 64.0. The minimum absolute atomic E-state index is 0.152. The van der Waals surface area contributed by atoms with Gasteiger partial charge in [0.1, 0.15) is 0 Å². The number of fused-ring (bicyclic) bond motifs is 8. The Morgan fingerprint density at radius 2 is 0.500 bits per heavy atom. The number of rotatable bonds is 12. The zero-order chi connectivity index (χ0) is 73.0. The minimum atomic E-state index is -0.152. The average Bonchev–Trinajstić information content (AvgIpc) is 0.661. The highest BCUT2D eigenvalue weighted by Crippen LogP contribution is 2.57. The summed E-state index contributed by atoms with van der Waals surface area (Å²) in [5.74, 6) is 0.442. The van der Waals surface area contributed by atoms with Crippen molar-refractivity contribution < 1.29 is 0 Å². The molecule has 0 spiro atoms. The lowest BCUT2D eigenvalue weighted by molar-refractivity contribution is 0.867. The molecule has 514 valence electrons. The van der Waals surface area contributed by atoms with E-state index in [1.54, 1.807) is 0 Å². The van der Waals surface area contributed by atoms with E-state index < -0.39 is 0 Å². The zero-order valence-electron chi connectivity index (χ0n) is 61.8. The van der Waals surface area contributed by atoms with Crippen LogP contribution >= 0.6 is 0 Å². The molecule has 4 aliphatic rings. The number of hydrogen-bond donors (Lipinski definition) is 0. The second-order valence-corrected chi connectivity index (χ2v) is 31.2. The molecule has 4 aliphatic heterocycles. The third-order valence-electron chi connectivity index (χ3n) is 24.5. The van der Waals surface area contributed by atoms with Gasteiger partial charge >= 0.3 is 0 Å². The molecule has 0 aliphatic carbocycles. The molecule has 0 fully saturated rings. The van der Waals surface area contributed by atoms with Crippen LogP contribution < -0.4 is 42.6 Å². The maximum atomic E-state index is 2.75. The fourth-order valence-corrected chi connectivity index (χ4v) is 19.6. The van der Waals surface area contributed by atoms with Crippen molar-refractivity contribution in [3.63, 3.8) is 0 Å². The van der Waals surface area contributed by atoms with Gasteiger partial charge in [0.25, 0.3) is 0 Å². The van der Waals surface area contributed by atoms with E-state index in [4.69, 9.17) is 0 Å². The van der Waals surface area contributed by atoms with E-state index in [-0.39, 0.29) is 25.3 Å². The molecule has 0 saturated carbocycles. The summed E-state index contributed by atoms with van der Waals surface area (Å²) in [7, 11) is 0. The summed E-state index contributed by atoms with van der Waals surface area (Å²) in [4.78, 5) is 5.17. The Balaban J connectivity index is 1.01. The van der Waals surface area contributed by atoms with E-state index in [9.17, 15) is 0 Å². The van der Waals surface area contributed by atoms with Crippen molar-refractivity contribution >= 4 is 113 Å². The van der Waals surface area contributed by atoms with Crippen molar-refractivity contribution in [1.29, 1.82) is 0 Å². The molecule has 2 nitrogen and oxygen atoms in total. The quantitative estimate of drug-likeness (QED) is 0.0888. The van der Waals surface area contributed by atoms with Gasteiger partial charge < -0.3 is 9.80 Å². The van der Waals surface area contributed by atoms with Crippen LogP contribution in [0.25, 0.3) is 144 Å². The molecule has 0 N–H and O–H groups in total. The van der Waals surface area contributed by atoms with Crippen molar-refractivity contribution in [2.75, 3.05) is 9.80 Å². The summed E-state index contributed by atoms with van der Waals surface area (Å²) in [6.45, 7) is 9.22. The van der Waals surface area contributed by atoms with Gasteiger partial charge in [-0.05, 0) is 273 Å². The van der Waals surface area contributed by atoms with Gasteiger partial charge in [0.15, 0.2) is 0 Å². The Bertz CT molecular complexity index is 6210. The molecular formula is C106H74B2N2. The first-order valence-electron chi connectivity index (χ1n) is 39.1. The van der Waals surface area contributed by atoms with E-state index in [0.29, 0.717) is 0 Å². The highest BCUT2D eigenvalue weighted by atomic mass is 15.2. The average molecular weight is 1400 g/mol. The number of benzene rings is 18. The fourth-order valence-electron chi connectivity index (χ4n) is 19.6. The molecular weight excluding hydrogens is 1320 g/mol. The molecule has 0 unspecified atom stereocenters. The summed E-state index contributed by atoms with van der Waals surface area (Å²) >= 11 is 0. The maximum Gasteiger partial charge on any atom is 0.248 e. The molecule has 0 saturated heterocycles. The van der Waals surface area contributed by atoms with Gasteiger partial charge in [-0.2, -0.15) is 0 Å².